The Morgan fingerprint density at radius 2 is 2.35 bits per heavy atom. The maximum Gasteiger partial charge on any atom is 0.337 e. The van der Waals surface area contributed by atoms with E-state index in [0.29, 0.717) is 11.8 Å². The van der Waals surface area contributed by atoms with E-state index in [4.69, 9.17) is 9.84 Å². The standard InChI is InChI=1S/C11H11N3O3/c1-2-14-4-3-13-11(14)17-9-5-8(10(15)16)6-12-7-9/h3-7H,2H2,1H3,(H,15,16). The lowest BCUT2D eigenvalue weighted by molar-refractivity contribution is 0.0696. The molecule has 2 aromatic rings. The fourth-order valence-corrected chi connectivity index (χ4v) is 1.34. The fraction of sp³-hybridized carbons (Fsp3) is 0.182. The van der Waals surface area contributed by atoms with Crippen LogP contribution in [0, 0.1) is 0 Å². The van der Waals surface area contributed by atoms with Crippen LogP contribution in [0.15, 0.2) is 30.9 Å². The molecule has 0 aromatic carbocycles. The van der Waals surface area contributed by atoms with E-state index in [0.717, 1.165) is 6.54 Å². The highest BCUT2D eigenvalue weighted by Crippen LogP contribution is 2.19. The molecule has 0 aliphatic rings. The molecule has 0 atom stereocenters. The first-order valence-corrected chi connectivity index (χ1v) is 5.08. The van der Waals surface area contributed by atoms with Gasteiger partial charge in [-0.25, -0.2) is 9.78 Å². The Balaban J connectivity index is 2.24. The first-order chi connectivity index (χ1) is 8.20. The molecule has 2 aromatic heterocycles. The summed E-state index contributed by atoms with van der Waals surface area (Å²) in [5.74, 6) is -0.687. The summed E-state index contributed by atoms with van der Waals surface area (Å²) >= 11 is 0. The minimum atomic E-state index is -1.04. The number of ether oxygens (including phenoxy) is 1. The van der Waals surface area contributed by atoms with Crippen LogP contribution in [0.4, 0.5) is 0 Å². The molecular formula is C11H11N3O3. The normalized spacial score (nSPS) is 10.2. The van der Waals surface area contributed by atoms with Gasteiger partial charge in [0.25, 0.3) is 0 Å². The number of carbonyl (C=O) groups is 1. The van der Waals surface area contributed by atoms with Crippen molar-refractivity contribution >= 4 is 5.97 Å². The maximum atomic E-state index is 10.8. The second-order valence-electron chi connectivity index (χ2n) is 3.31. The number of aromatic carboxylic acids is 1. The Kier molecular flexibility index (Phi) is 3.04. The Labute approximate surface area is 97.5 Å². The van der Waals surface area contributed by atoms with Gasteiger partial charge < -0.3 is 14.4 Å². The van der Waals surface area contributed by atoms with E-state index >= 15 is 0 Å². The van der Waals surface area contributed by atoms with Crippen molar-refractivity contribution in [3.63, 3.8) is 0 Å². The average Bonchev–Trinajstić information content (AvgIpc) is 2.76. The number of pyridine rings is 1. The number of carboxylic acid groups (broad SMARTS) is 1. The van der Waals surface area contributed by atoms with Crippen molar-refractivity contribution in [1.82, 2.24) is 14.5 Å². The first-order valence-electron chi connectivity index (χ1n) is 5.08. The molecule has 2 heterocycles. The smallest absolute Gasteiger partial charge is 0.337 e. The topological polar surface area (TPSA) is 77.2 Å². The van der Waals surface area contributed by atoms with E-state index in [-0.39, 0.29) is 5.56 Å². The number of imidazole rings is 1. The summed E-state index contributed by atoms with van der Waals surface area (Å²) in [6.07, 6.45) is 6.11. The largest absolute Gasteiger partial charge is 0.478 e. The molecule has 1 N–H and O–H groups in total. The quantitative estimate of drug-likeness (QED) is 0.871. The van der Waals surface area contributed by atoms with Crippen molar-refractivity contribution in [2.24, 2.45) is 0 Å². The van der Waals surface area contributed by atoms with E-state index in [1.165, 1.54) is 18.5 Å². The molecule has 0 unspecified atom stereocenters. The SMILES string of the molecule is CCn1ccnc1Oc1cncc(C(=O)O)c1. The molecule has 0 saturated carbocycles. The Morgan fingerprint density at radius 3 is 3.06 bits per heavy atom. The number of aryl methyl sites for hydroxylation is 1. The molecule has 0 aliphatic heterocycles. The number of aromatic nitrogens is 3. The number of hydrogen-bond acceptors (Lipinski definition) is 4. The van der Waals surface area contributed by atoms with Crippen LogP contribution in [0.3, 0.4) is 0 Å². The molecule has 6 heteroatoms. The van der Waals surface area contributed by atoms with Crippen LogP contribution < -0.4 is 4.74 Å². The third kappa shape index (κ3) is 2.41. The van der Waals surface area contributed by atoms with Crippen LogP contribution >= 0.6 is 0 Å². The first kappa shape index (κ1) is 11.1. The Bertz CT molecular complexity index is 536. The Hall–Kier alpha value is -2.37. The number of rotatable bonds is 4. The zero-order chi connectivity index (χ0) is 12.3. The maximum absolute atomic E-state index is 10.8. The summed E-state index contributed by atoms with van der Waals surface area (Å²) in [5.41, 5.74) is 0.0807. The van der Waals surface area contributed by atoms with Gasteiger partial charge in [0.05, 0.1) is 11.8 Å². The minimum Gasteiger partial charge on any atom is -0.478 e. The average molecular weight is 233 g/mol. The minimum absolute atomic E-state index is 0.0807. The highest BCUT2D eigenvalue weighted by atomic mass is 16.5. The predicted octanol–water partition coefficient (Wildman–Crippen LogP) is 1.79. The zero-order valence-electron chi connectivity index (χ0n) is 9.20. The van der Waals surface area contributed by atoms with Crippen LogP contribution in [-0.2, 0) is 6.54 Å². The van der Waals surface area contributed by atoms with Gasteiger partial charge in [0.2, 0.25) is 0 Å². The van der Waals surface area contributed by atoms with Crippen molar-refractivity contribution in [3.8, 4) is 11.8 Å². The summed E-state index contributed by atoms with van der Waals surface area (Å²) in [4.78, 5) is 18.6. The monoisotopic (exact) mass is 233 g/mol. The molecule has 6 nitrogen and oxygen atoms in total. The summed E-state index contributed by atoms with van der Waals surface area (Å²) in [7, 11) is 0. The van der Waals surface area contributed by atoms with E-state index in [2.05, 4.69) is 9.97 Å². The predicted molar refractivity (Wildman–Crippen MR) is 59.2 cm³/mol. The second kappa shape index (κ2) is 4.65. The fourth-order valence-electron chi connectivity index (χ4n) is 1.34. The lowest BCUT2D eigenvalue weighted by Gasteiger charge is -2.06. The van der Waals surface area contributed by atoms with Crippen LogP contribution in [0.2, 0.25) is 0 Å². The molecular weight excluding hydrogens is 222 g/mol. The van der Waals surface area contributed by atoms with E-state index < -0.39 is 5.97 Å². The van der Waals surface area contributed by atoms with Gasteiger partial charge in [0.1, 0.15) is 5.75 Å². The van der Waals surface area contributed by atoms with E-state index in [1.54, 1.807) is 17.0 Å². The molecule has 2 rings (SSSR count). The van der Waals surface area contributed by atoms with Crippen molar-refractivity contribution in [2.45, 2.75) is 13.5 Å². The van der Waals surface area contributed by atoms with Gasteiger partial charge in [-0.05, 0) is 13.0 Å². The summed E-state index contributed by atoms with van der Waals surface area (Å²) in [5, 5.41) is 8.82. The van der Waals surface area contributed by atoms with E-state index in [9.17, 15) is 4.79 Å². The van der Waals surface area contributed by atoms with Gasteiger partial charge in [-0.2, -0.15) is 0 Å². The molecule has 0 saturated heterocycles. The van der Waals surface area contributed by atoms with Gasteiger partial charge in [0.15, 0.2) is 0 Å². The van der Waals surface area contributed by atoms with Crippen LogP contribution in [0.1, 0.15) is 17.3 Å². The van der Waals surface area contributed by atoms with Crippen LogP contribution in [0.25, 0.3) is 0 Å². The molecule has 0 aliphatic carbocycles. The van der Waals surface area contributed by atoms with E-state index in [1.807, 2.05) is 6.92 Å². The lowest BCUT2D eigenvalue weighted by atomic mass is 10.3. The molecule has 0 amide bonds. The summed E-state index contributed by atoms with van der Waals surface area (Å²) < 4.78 is 7.26. The number of nitrogens with zero attached hydrogens (tertiary/aromatic N) is 3. The van der Waals surface area contributed by atoms with Crippen molar-refractivity contribution < 1.29 is 14.6 Å². The zero-order valence-corrected chi connectivity index (χ0v) is 9.20. The van der Waals surface area contributed by atoms with Gasteiger partial charge >= 0.3 is 12.0 Å². The summed E-state index contributed by atoms with van der Waals surface area (Å²) in [6.45, 7) is 2.68. The summed E-state index contributed by atoms with van der Waals surface area (Å²) in [6, 6.07) is 1.82. The molecule has 0 radical (unpaired) electrons. The van der Waals surface area contributed by atoms with Gasteiger partial charge in [-0.1, -0.05) is 0 Å². The molecule has 17 heavy (non-hydrogen) atoms. The number of carboxylic acids is 1. The van der Waals surface area contributed by atoms with Crippen LogP contribution in [0.5, 0.6) is 11.8 Å². The van der Waals surface area contributed by atoms with Crippen LogP contribution in [-0.4, -0.2) is 25.6 Å². The third-order valence-corrected chi connectivity index (χ3v) is 2.19. The van der Waals surface area contributed by atoms with Crippen molar-refractivity contribution in [1.29, 1.82) is 0 Å². The molecule has 0 fully saturated rings. The Morgan fingerprint density at radius 1 is 1.53 bits per heavy atom. The number of hydrogen-bond donors (Lipinski definition) is 1. The van der Waals surface area contributed by atoms with Gasteiger partial charge in [-0.15, -0.1) is 0 Å². The third-order valence-electron chi connectivity index (χ3n) is 2.19. The molecule has 88 valence electrons. The van der Waals surface area contributed by atoms with Crippen molar-refractivity contribution in [3.05, 3.63) is 36.4 Å². The second-order valence-corrected chi connectivity index (χ2v) is 3.31. The lowest BCUT2D eigenvalue weighted by Crippen LogP contribution is -2.00. The highest BCUT2D eigenvalue weighted by Gasteiger charge is 2.08. The van der Waals surface area contributed by atoms with Gasteiger partial charge in [0, 0.05) is 25.1 Å². The highest BCUT2D eigenvalue weighted by molar-refractivity contribution is 5.87. The van der Waals surface area contributed by atoms with Crippen molar-refractivity contribution in [2.75, 3.05) is 0 Å². The molecule has 0 bridgehead atoms. The van der Waals surface area contributed by atoms with Gasteiger partial charge in [-0.3, -0.25) is 4.98 Å². The molecule has 0 spiro atoms.